The third kappa shape index (κ3) is 2.57. The minimum Gasteiger partial charge on any atom is -0.320 e. The third-order valence-corrected chi connectivity index (χ3v) is 4.26. The fourth-order valence-corrected chi connectivity index (χ4v) is 3.18. The van der Waals surface area contributed by atoms with Gasteiger partial charge in [-0.3, -0.25) is 9.59 Å². The second-order valence-corrected chi connectivity index (χ2v) is 6.22. The maximum absolute atomic E-state index is 13.5. The zero-order valence-electron chi connectivity index (χ0n) is 11.8. The van der Waals surface area contributed by atoms with Crippen LogP contribution in [0.15, 0.2) is 46.9 Å². The standard InChI is InChI=1S/C17H13BrFNO2/c1-10(21)16(11-3-2-4-14(19)7-11)20-9-12-5-6-13(18)8-15(12)17(20)22/h2-8,16H,9H2,1H3. The van der Waals surface area contributed by atoms with Crippen molar-refractivity contribution in [3.63, 3.8) is 0 Å². The predicted octanol–water partition coefficient (Wildman–Crippen LogP) is 3.87. The molecule has 0 saturated carbocycles. The van der Waals surface area contributed by atoms with E-state index in [-0.39, 0.29) is 11.7 Å². The highest BCUT2D eigenvalue weighted by Crippen LogP contribution is 2.33. The van der Waals surface area contributed by atoms with Crippen molar-refractivity contribution in [3.8, 4) is 0 Å². The molecule has 0 radical (unpaired) electrons. The molecule has 1 atom stereocenters. The molecule has 0 bridgehead atoms. The molecule has 0 N–H and O–H groups in total. The van der Waals surface area contributed by atoms with E-state index < -0.39 is 11.9 Å². The van der Waals surface area contributed by atoms with Crippen LogP contribution in [0, 0.1) is 5.82 Å². The molecule has 1 aliphatic heterocycles. The first-order chi connectivity index (χ1) is 10.5. The Bertz CT molecular complexity index is 775. The van der Waals surface area contributed by atoms with E-state index in [9.17, 15) is 14.0 Å². The fourth-order valence-electron chi connectivity index (χ4n) is 2.82. The predicted molar refractivity (Wildman–Crippen MR) is 83.8 cm³/mol. The number of halogens is 2. The van der Waals surface area contributed by atoms with Crippen LogP contribution >= 0.6 is 15.9 Å². The van der Waals surface area contributed by atoms with E-state index in [4.69, 9.17) is 0 Å². The van der Waals surface area contributed by atoms with Crippen molar-refractivity contribution in [2.24, 2.45) is 0 Å². The van der Waals surface area contributed by atoms with Gasteiger partial charge in [-0.1, -0.05) is 34.1 Å². The summed E-state index contributed by atoms with van der Waals surface area (Å²) in [4.78, 5) is 26.2. The van der Waals surface area contributed by atoms with Crippen LogP contribution in [0.25, 0.3) is 0 Å². The van der Waals surface area contributed by atoms with Crippen LogP contribution in [0.5, 0.6) is 0 Å². The number of fused-ring (bicyclic) bond motifs is 1. The number of rotatable bonds is 3. The Morgan fingerprint density at radius 3 is 2.73 bits per heavy atom. The zero-order chi connectivity index (χ0) is 15.9. The second kappa shape index (κ2) is 5.65. The highest BCUT2D eigenvalue weighted by atomic mass is 79.9. The number of hydrogen-bond donors (Lipinski definition) is 0. The van der Waals surface area contributed by atoms with Crippen LogP contribution in [0.2, 0.25) is 0 Å². The molecule has 1 unspecified atom stereocenters. The SMILES string of the molecule is CC(=O)C(c1cccc(F)c1)N1Cc2ccc(Br)cc2C1=O. The molecule has 1 heterocycles. The van der Waals surface area contributed by atoms with E-state index in [1.807, 2.05) is 12.1 Å². The lowest BCUT2D eigenvalue weighted by molar-refractivity contribution is -0.121. The van der Waals surface area contributed by atoms with Gasteiger partial charge in [-0.05, 0) is 42.3 Å². The first-order valence-corrected chi connectivity index (χ1v) is 7.62. The van der Waals surface area contributed by atoms with Gasteiger partial charge in [0.05, 0.1) is 0 Å². The Labute approximate surface area is 135 Å². The van der Waals surface area contributed by atoms with Gasteiger partial charge in [0, 0.05) is 16.6 Å². The van der Waals surface area contributed by atoms with Crippen LogP contribution in [-0.4, -0.2) is 16.6 Å². The van der Waals surface area contributed by atoms with Gasteiger partial charge in [-0.15, -0.1) is 0 Å². The molecule has 5 heteroatoms. The average Bonchev–Trinajstić information content (AvgIpc) is 2.76. The van der Waals surface area contributed by atoms with E-state index in [1.54, 1.807) is 18.2 Å². The number of benzene rings is 2. The molecule has 22 heavy (non-hydrogen) atoms. The molecule has 0 saturated heterocycles. The summed E-state index contributed by atoms with van der Waals surface area (Å²) in [5.41, 5.74) is 1.95. The maximum atomic E-state index is 13.5. The summed E-state index contributed by atoms with van der Waals surface area (Å²) in [6, 6.07) is 10.5. The Kier molecular flexibility index (Phi) is 3.83. The molecular weight excluding hydrogens is 349 g/mol. The van der Waals surface area contributed by atoms with Gasteiger partial charge in [0.2, 0.25) is 0 Å². The molecule has 1 aliphatic rings. The average molecular weight is 362 g/mol. The quantitative estimate of drug-likeness (QED) is 0.831. The summed E-state index contributed by atoms with van der Waals surface area (Å²) < 4.78 is 14.3. The maximum Gasteiger partial charge on any atom is 0.255 e. The molecule has 0 aromatic heterocycles. The third-order valence-electron chi connectivity index (χ3n) is 3.77. The van der Waals surface area contributed by atoms with Gasteiger partial charge in [-0.2, -0.15) is 0 Å². The Balaban J connectivity index is 2.02. The molecule has 2 aromatic carbocycles. The van der Waals surface area contributed by atoms with Crippen molar-refractivity contribution in [3.05, 3.63) is 69.4 Å². The van der Waals surface area contributed by atoms with Crippen molar-refractivity contribution in [2.75, 3.05) is 0 Å². The van der Waals surface area contributed by atoms with E-state index in [2.05, 4.69) is 15.9 Å². The number of carbonyl (C=O) groups is 2. The van der Waals surface area contributed by atoms with E-state index in [0.29, 0.717) is 17.7 Å². The number of carbonyl (C=O) groups excluding carboxylic acids is 2. The van der Waals surface area contributed by atoms with Crippen LogP contribution in [0.3, 0.4) is 0 Å². The summed E-state index contributed by atoms with van der Waals surface area (Å²) in [5, 5.41) is 0. The van der Waals surface area contributed by atoms with Crippen molar-refractivity contribution in [2.45, 2.75) is 19.5 Å². The Hall–Kier alpha value is -2.01. The number of nitrogens with zero attached hydrogens (tertiary/aromatic N) is 1. The van der Waals surface area contributed by atoms with Gasteiger partial charge in [0.1, 0.15) is 11.9 Å². The topological polar surface area (TPSA) is 37.4 Å². The molecule has 2 aromatic rings. The first-order valence-electron chi connectivity index (χ1n) is 6.82. The van der Waals surface area contributed by atoms with Gasteiger partial charge in [0.15, 0.2) is 5.78 Å². The highest BCUT2D eigenvalue weighted by molar-refractivity contribution is 9.10. The van der Waals surface area contributed by atoms with Gasteiger partial charge >= 0.3 is 0 Å². The second-order valence-electron chi connectivity index (χ2n) is 5.30. The number of Topliss-reactive ketones (excluding diaryl/α,β-unsaturated/α-hetero) is 1. The normalized spacial score (nSPS) is 14.9. The summed E-state index contributed by atoms with van der Waals surface area (Å²) in [7, 11) is 0. The van der Waals surface area contributed by atoms with Gasteiger partial charge < -0.3 is 4.90 Å². The lowest BCUT2D eigenvalue weighted by Crippen LogP contribution is -2.33. The van der Waals surface area contributed by atoms with Crippen molar-refractivity contribution in [1.29, 1.82) is 0 Å². The summed E-state index contributed by atoms with van der Waals surface area (Å²) in [6.07, 6.45) is 0. The largest absolute Gasteiger partial charge is 0.320 e. The molecule has 0 aliphatic carbocycles. The number of hydrogen-bond acceptors (Lipinski definition) is 2. The minimum absolute atomic E-state index is 0.189. The van der Waals surface area contributed by atoms with E-state index >= 15 is 0 Å². The summed E-state index contributed by atoms with van der Waals surface area (Å²) in [5.74, 6) is -0.817. The molecule has 1 amide bonds. The molecule has 112 valence electrons. The van der Waals surface area contributed by atoms with Crippen LogP contribution in [-0.2, 0) is 11.3 Å². The Morgan fingerprint density at radius 1 is 1.27 bits per heavy atom. The van der Waals surface area contributed by atoms with E-state index in [0.717, 1.165) is 10.0 Å². The smallest absolute Gasteiger partial charge is 0.255 e. The lowest BCUT2D eigenvalue weighted by atomic mass is 10.0. The molecular formula is C17H13BrFNO2. The fraction of sp³-hybridized carbons (Fsp3) is 0.176. The Morgan fingerprint density at radius 2 is 2.05 bits per heavy atom. The molecule has 3 rings (SSSR count). The monoisotopic (exact) mass is 361 g/mol. The van der Waals surface area contributed by atoms with Crippen LogP contribution in [0.4, 0.5) is 4.39 Å². The molecule has 0 fully saturated rings. The first kappa shape index (κ1) is 14.9. The summed E-state index contributed by atoms with van der Waals surface area (Å²) in [6.45, 7) is 1.77. The van der Waals surface area contributed by atoms with E-state index in [1.165, 1.54) is 24.0 Å². The zero-order valence-corrected chi connectivity index (χ0v) is 13.4. The van der Waals surface area contributed by atoms with Crippen LogP contribution in [0.1, 0.15) is 34.5 Å². The lowest BCUT2D eigenvalue weighted by Gasteiger charge is -2.26. The number of ketones is 1. The summed E-state index contributed by atoms with van der Waals surface area (Å²) >= 11 is 3.35. The molecule has 3 nitrogen and oxygen atoms in total. The van der Waals surface area contributed by atoms with Gasteiger partial charge in [0.25, 0.3) is 5.91 Å². The minimum atomic E-state index is -0.769. The molecule has 0 spiro atoms. The highest BCUT2D eigenvalue weighted by Gasteiger charge is 2.35. The number of amides is 1. The van der Waals surface area contributed by atoms with Crippen LogP contribution < -0.4 is 0 Å². The van der Waals surface area contributed by atoms with Gasteiger partial charge in [-0.25, -0.2) is 4.39 Å². The van der Waals surface area contributed by atoms with Crippen molar-refractivity contribution in [1.82, 2.24) is 4.90 Å². The van der Waals surface area contributed by atoms with Crippen molar-refractivity contribution < 1.29 is 14.0 Å². The van der Waals surface area contributed by atoms with Crippen molar-refractivity contribution >= 4 is 27.6 Å².